The molecule has 3 heteroatoms. The van der Waals surface area contributed by atoms with Gasteiger partial charge in [0.15, 0.2) is 5.78 Å². The molecule has 1 aromatic rings. The van der Waals surface area contributed by atoms with E-state index in [4.69, 9.17) is 0 Å². The van der Waals surface area contributed by atoms with Crippen LogP contribution in [0.3, 0.4) is 0 Å². The van der Waals surface area contributed by atoms with Gasteiger partial charge in [-0.2, -0.15) is 0 Å². The second kappa shape index (κ2) is 3.70. The molecular weight excluding hydrogens is 180 g/mol. The molecule has 0 spiro atoms. The molecule has 0 unspecified atom stereocenters. The molecule has 1 aromatic carbocycles. The third-order valence-electron chi connectivity index (χ3n) is 2.35. The molecular formula is C11H14O3. The Balaban J connectivity index is 3.48. The highest BCUT2D eigenvalue weighted by Gasteiger charge is 2.15. The number of ketones is 1. The summed E-state index contributed by atoms with van der Waals surface area (Å²) in [7, 11) is 0. The minimum Gasteiger partial charge on any atom is -0.507 e. The van der Waals surface area contributed by atoms with Crippen molar-refractivity contribution in [3.63, 3.8) is 0 Å². The SMILES string of the molecule is CCc1cc(C(C)=O)c(O)c(C)c1O. The molecule has 0 aliphatic carbocycles. The number of carbonyl (C=O) groups is 1. The predicted octanol–water partition coefficient (Wildman–Crippen LogP) is 2.17. The summed E-state index contributed by atoms with van der Waals surface area (Å²) >= 11 is 0. The topological polar surface area (TPSA) is 57.5 Å². The normalized spacial score (nSPS) is 10.2. The van der Waals surface area contributed by atoms with Gasteiger partial charge >= 0.3 is 0 Å². The number of hydrogen-bond acceptors (Lipinski definition) is 3. The molecule has 0 aliphatic rings. The van der Waals surface area contributed by atoms with E-state index in [9.17, 15) is 15.0 Å². The summed E-state index contributed by atoms with van der Waals surface area (Å²) in [5.74, 6) is -0.234. The van der Waals surface area contributed by atoms with Crippen LogP contribution in [0.5, 0.6) is 11.5 Å². The average molecular weight is 194 g/mol. The zero-order chi connectivity index (χ0) is 10.9. The lowest BCUT2D eigenvalue weighted by molar-refractivity contribution is 0.101. The van der Waals surface area contributed by atoms with E-state index in [1.807, 2.05) is 6.92 Å². The van der Waals surface area contributed by atoms with E-state index in [0.29, 0.717) is 17.5 Å². The van der Waals surface area contributed by atoms with E-state index in [0.717, 1.165) is 0 Å². The van der Waals surface area contributed by atoms with Crippen molar-refractivity contribution in [3.05, 3.63) is 22.8 Å². The van der Waals surface area contributed by atoms with Crippen LogP contribution in [-0.2, 0) is 6.42 Å². The van der Waals surface area contributed by atoms with Crippen LogP contribution in [0.4, 0.5) is 0 Å². The summed E-state index contributed by atoms with van der Waals surface area (Å²) in [4.78, 5) is 11.2. The highest BCUT2D eigenvalue weighted by molar-refractivity contribution is 5.97. The fourth-order valence-electron chi connectivity index (χ4n) is 1.40. The summed E-state index contributed by atoms with van der Waals surface area (Å²) in [6.07, 6.45) is 0.632. The fourth-order valence-corrected chi connectivity index (χ4v) is 1.40. The highest BCUT2D eigenvalue weighted by Crippen LogP contribution is 2.33. The first-order valence-electron chi connectivity index (χ1n) is 4.54. The van der Waals surface area contributed by atoms with Crippen molar-refractivity contribution in [2.45, 2.75) is 27.2 Å². The van der Waals surface area contributed by atoms with Crippen LogP contribution < -0.4 is 0 Å². The van der Waals surface area contributed by atoms with Gasteiger partial charge in [-0.25, -0.2) is 0 Å². The zero-order valence-corrected chi connectivity index (χ0v) is 8.59. The highest BCUT2D eigenvalue weighted by atomic mass is 16.3. The summed E-state index contributed by atoms with van der Waals surface area (Å²) in [6.45, 7) is 4.87. The molecule has 0 saturated carbocycles. The molecule has 0 heterocycles. The minimum absolute atomic E-state index is 0.0787. The van der Waals surface area contributed by atoms with E-state index >= 15 is 0 Å². The third-order valence-corrected chi connectivity index (χ3v) is 2.35. The van der Waals surface area contributed by atoms with Crippen LogP contribution in [0.15, 0.2) is 6.07 Å². The number of phenols is 2. The van der Waals surface area contributed by atoms with Gasteiger partial charge in [0.2, 0.25) is 0 Å². The molecule has 0 aliphatic heterocycles. The lowest BCUT2D eigenvalue weighted by Crippen LogP contribution is -1.97. The van der Waals surface area contributed by atoms with E-state index in [2.05, 4.69) is 0 Å². The summed E-state index contributed by atoms with van der Waals surface area (Å²) in [5.41, 5.74) is 1.33. The molecule has 14 heavy (non-hydrogen) atoms. The second-order valence-corrected chi connectivity index (χ2v) is 3.32. The number of benzene rings is 1. The predicted molar refractivity (Wildman–Crippen MR) is 53.9 cm³/mol. The Morgan fingerprint density at radius 1 is 1.36 bits per heavy atom. The Bertz CT molecular complexity index is 381. The van der Waals surface area contributed by atoms with Gasteiger partial charge in [0.05, 0.1) is 5.56 Å². The minimum atomic E-state index is -0.194. The maximum atomic E-state index is 11.2. The Labute approximate surface area is 83.0 Å². The van der Waals surface area contributed by atoms with E-state index in [-0.39, 0.29) is 22.8 Å². The van der Waals surface area contributed by atoms with Crippen molar-refractivity contribution in [1.29, 1.82) is 0 Å². The van der Waals surface area contributed by atoms with Crippen LogP contribution >= 0.6 is 0 Å². The molecule has 2 N–H and O–H groups in total. The first-order valence-corrected chi connectivity index (χ1v) is 4.54. The molecule has 0 radical (unpaired) electrons. The van der Waals surface area contributed by atoms with Crippen molar-refractivity contribution in [2.24, 2.45) is 0 Å². The van der Waals surface area contributed by atoms with Crippen molar-refractivity contribution in [1.82, 2.24) is 0 Å². The number of aryl methyl sites for hydroxylation is 1. The third kappa shape index (κ3) is 1.58. The summed E-state index contributed by atoms with van der Waals surface area (Å²) in [5, 5.41) is 19.2. The Morgan fingerprint density at radius 3 is 2.36 bits per heavy atom. The van der Waals surface area contributed by atoms with Crippen LogP contribution in [0.1, 0.15) is 35.3 Å². The molecule has 76 valence electrons. The summed E-state index contributed by atoms with van der Waals surface area (Å²) < 4.78 is 0. The maximum absolute atomic E-state index is 11.2. The van der Waals surface area contributed by atoms with E-state index in [1.54, 1.807) is 13.0 Å². The zero-order valence-electron chi connectivity index (χ0n) is 8.59. The molecule has 0 amide bonds. The lowest BCUT2D eigenvalue weighted by atomic mass is 9.99. The molecule has 0 bridgehead atoms. The van der Waals surface area contributed by atoms with E-state index in [1.165, 1.54) is 6.92 Å². The summed E-state index contributed by atoms with van der Waals surface area (Å²) in [6, 6.07) is 1.54. The molecule has 0 saturated heterocycles. The molecule has 0 atom stereocenters. The largest absolute Gasteiger partial charge is 0.507 e. The quantitative estimate of drug-likeness (QED) is 0.709. The average Bonchev–Trinajstić information content (AvgIpc) is 2.14. The van der Waals surface area contributed by atoms with Gasteiger partial charge in [-0.3, -0.25) is 4.79 Å². The van der Waals surface area contributed by atoms with Gasteiger partial charge in [0, 0.05) is 5.56 Å². The van der Waals surface area contributed by atoms with Crippen molar-refractivity contribution >= 4 is 5.78 Å². The number of hydrogen-bond donors (Lipinski definition) is 2. The lowest BCUT2D eigenvalue weighted by Gasteiger charge is -2.10. The molecule has 1 rings (SSSR count). The van der Waals surface area contributed by atoms with E-state index < -0.39 is 0 Å². The van der Waals surface area contributed by atoms with Crippen molar-refractivity contribution in [3.8, 4) is 11.5 Å². The van der Waals surface area contributed by atoms with Crippen LogP contribution in [0, 0.1) is 6.92 Å². The van der Waals surface area contributed by atoms with Gasteiger partial charge < -0.3 is 10.2 Å². The van der Waals surface area contributed by atoms with Gasteiger partial charge in [-0.05, 0) is 31.9 Å². The first kappa shape index (κ1) is 10.6. The number of rotatable bonds is 2. The second-order valence-electron chi connectivity index (χ2n) is 3.32. The van der Waals surface area contributed by atoms with Crippen molar-refractivity contribution < 1.29 is 15.0 Å². The maximum Gasteiger partial charge on any atom is 0.163 e. The standard InChI is InChI=1S/C11H14O3/c1-4-8-5-9(7(3)12)11(14)6(2)10(8)13/h5,13-14H,4H2,1-3H3. The van der Waals surface area contributed by atoms with Crippen LogP contribution in [0.25, 0.3) is 0 Å². The Morgan fingerprint density at radius 2 is 1.93 bits per heavy atom. The fraction of sp³-hybridized carbons (Fsp3) is 0.364. The van der Waals surface area contributed by atoms with Crippen LogP contribution in [0.2, 0.25) is 0 Å². The van der Waals surface area contributed by atoms with Gasteiger partial charge in [0.1, 0.15) is 11.5 Å². The number of carbonyl (C=O) groups excluding carboxylic acids is 1. The van der Waals surface area contributed by atoms with Crippen molar-refractivity contribution in [2.75, 3.05) is 0 Å². The molecule has 3 nitrogen and oxygen atoms in total. The Hall–Kier alpha value is -1.51. The number of aromatic hydroxyl groups is 2. The van der Waals surface area contributed by atoms with Crippen LogP contribution in [-0.4, -0.2) is 16.0 Å². The van der Waals surface area contributed by atoms with Gasteiger partial charge in [-0.1, -0.05) is 6.92 Å². The first-order chi connectivity index (χ1) is 6.49. The number of phenolic OH excluding ortho intramolecular Hbond substituents is 2. The molecule has 0 aromatic heterocycles. The Kier molecular flexibility index (Phi) is 2.79. The molecule has 0 fully saturated rings. The monoisotopic (exact) mass is 194 g/mol. The number of Topliss-reactive ketones (excluding diaryl/α,β-unsaturated/α-hetero) is 1. The smallest absolute Gasteiger partial charge is 0.163 e. The van der Waals surface area contributed by atoms with Gasteiger partial charge in [-0.15, -0.1) is 0 Å². The van der Waals surface area contributed by atoms with Gasteiger partial charge in [0.25, 0.3) is 0 Å².